The van der Waals surface area contributed by atoms with Crippen molar-refractivity contribution in [3.8, 4) is 0 Å². The van der Waals surface area contributed by atoms with E-state index in [-0.39, 0.29) is 11.4 Å². The van der Waals surface area contributed by atoms with Gasteiger partial charge in [0, 0.05) is 13.0 Å². The number of carbonyl (C=O) groups excluding carboxylic acids is 1. The van der Waals surface area contributed by atoms with Crippen LogP contribution in [-0.4, -0.2) is 41.8 Å². The van der Waals surface area contributed by atoms with Crippen LogP contribution in [0.25, 0.3) is 0 Å². The van der Waals surface area contributed by atoms with E-state index in [1.807, 2.05) is 0 Å². The van der Waals surface area contributed by atoms with Crippen molar-refractivity contribution in [2.75, 3.05) is 19.6 Å². The lowest BCUT2D eigenvalue weighted by Crippen LogP contribution is -2.57. The maximum atomic E-state index is 13.1. The summed E-state index contributed by atoms with van der Waals surface area (Å²) in [5.41, 5.74) is -0.213. The summed E-state index contributed by atoms with van der Waals surface area (Å²) in [7, 11) is 0. The number of rotatable bonds is 36. The van der Waals surface area contributed by atoms with Crippen LogP contribution in [0.1, 0.15) is 233 Å². The largest absolute Gasteiger partial charge is 0.334 e. The molecule has 0 saturated carbocycles. The first-order chi connectivity index (χ1) is 22.5. The van der Waals surface area contributed by atoms with Gasteiger partial charge < -0.3 is 4.90 Å². The number of carbonyl (C=O) groups is 1. The van der Waals surface area contributed by atoms with Crippen molar-refractivity contribution in [1.29, 1.82) is 0 Å². The minimum atomic E-state index is -0.213. The molecule has 0 atom stereocenters. The van der Waals surface area contributed by atoms with Gasteiger partial charge in [0.1, 0.15) is 0 Å². The number of aliphatic imine (C=N–C) groups is 1. The topological polar surface area (TPSA) is 44.7 Å². The number of nitrogens with zero attached hydrogens (tertiary/aromatic N) is 2. The summed E-state index contributed by atoms with van der Waals surface area (Å²) in [6.45, 7) is 11.7. The molecule has 0 unspecified atom stereocenters. The molecule has 0 fully saturated rings. The number of ketones is 1. The van der Waals surface area contributed by atoms with Crippen LogP contribution >= 0.6 is 0 Å². The molecule has 4 nitrogen and oxygen atoms in total. The van der Waals surface area contributed by atoms with Crippen molar-refractivity contribution in [2.45, 2.75) is 239 Å². The van der Waals surface area contributed by atoms with E-state index in [1.54, 1.807) is 0 Å². The fourth-order valence-electron chi connectivity index (χ4n) is 7.16. The second kappa shape index (κ2) is 31.4. The Labute approximate surface area is 289 Å². The number of Topliss-reactive ketones (excluding diaryl/α,β-unsaturated/α-hetero) is 1. The molecule has 1 rings (SSSR count). The van der Waals surface area contributed by atoms with Crippen LogP contribution in [0.3, 0.4) is 0 Å². The third kappa shape index (κ3) is 24.3. The summed E-state index contributed by atoms with van der Waals surface area (Å²) >= 11 is 0. The summed E-state index contributed by atoms with van der Waals surface area (Å²) in [6.07, 6.45) is 43.4. The van der Waals surface area contributed by atoms with E-state index < -0.39 is 0 Å². The molecule has 4 heteroatoms. The third-order valence-corrected chi connectivity index (χ3v) is 10.4. The highest BCUT2D eigenvalue weighted by atomic mass is 16.1. The lowest BCUT2D eigenvalue weighted by atomic mass is 10.0. The van der Waals surface area contributed by atoms with E-state index in [9.17, 15) is 4.79 Å². The molecule has 46 heavy (non-hydrogen) atoms. The molecule has 0 spiro atoms. The van der Waals surface area contributed by atoms with Gasteiger partial charge in [0.2, 0.25) is 0 Å². The zero-order chi connectivity index (χ0) is 33.4. The van der Waals surface area contributed by atoms with Crippen molar-refractivity contribution in [2.24, 2.45) is 4.99 Å². The van der Waals surface area contributed by atoms with Crippen LogP contribution in [0.5, 0.6) is 0 Å². The number of nitrogens with one attached hydrogen (secondary N) is 1. The lowest BCUT2D eigenvalue weighted by Gasteiger charge is -2.38. The van der Waals surface area contributed by atoms with Crippen LogP contribution in [0.2, 0.25) is 0 Å². The molecule has 0 radical (unpaired) electrons. The number of amidine groups is 1. The molecule has 0 saturated heterocycles. The zero-order valence-electron chi connectivity index (χ0n) is 32.1. The van der Waals surface area contributed by atoms with Crippen LogP contribution < -0.4 is 5.32 Å². The van der Waals surface area contributed by atoms with Crippen molar-refractivity contribution in [3.05, 3.63) is 0 Å². The molecule has 272 valence electrons. The Balaban J connectivity index is 1.98. The summed E-state index contributed by atoms with van der Waals surface area (Å²) in [6, 6.07) is 0. The first kappa shape index (κ1) is 43.1. The van der Waals surface area contributed by atoms with E-state index in [0.717, 1.165) is 31.9 Å². The van der Waals surface area contributed by atoms with Crippen LogP contribution in [0, 0.1) is 0 Å². The van der Waals surface area contributed by atoms with Gasteiger partial charge in [-0.2, -0.15) is 0 Å². The summed E-state index contributed by atoms with van der Waals surface area (Å²) in [5.74, 6) is 0.985. The van der Waals surface area contributed by atoms with Gasteiger partial charge in [0.05, 0.1) is 12.2 Å². The Morgan fingerprint density at radius 2 is 0.870 bits per heavy atom. The van der Waals surface area contributed by atoms with Crippen LogP contribution in [0.15, 0.2) is 4.99 Å². The number of hydrogen-bond donors (Lipinski definition) is 1. The second-order valence-corrected chi connectivity index (χ2v) is 15.3. The Bertz CT molecular complexity index is 703. The molecule has 0 bridgehead atoms. The van der Waals surface area contributed by atoms with Crippen LogP contribution in [-0.2, 0) is 4.79 Å². The van der Waals surface area contributed by atoms with Gasteiger partial charge >= 0.3 is 0 Å². The molecule has 1 heterocycles. The molecule has 0 aromatic heterocycles. The third-order valence-electron chi connectivity index (χ3n) is 10.4. The van der Waals surface area contributed by atoms with Crippen LogP contribution in [0.4, 0.5) is 0 Å². The standard InChI is InChI=1S/C42H83N3O/c1-5-7-9-11-13-15-17-19-21-23-25-27-29-31-33-35-37-44-42(3,4)45-39-38-43-41(45)40(46)36-34-32-30-28-26-24-22-20-18-16-14-12-10-8-6-2/h44H,5-39H2,1-4H3. The van der Waals surface area contributed by atoms with E-state index in [2.05, 4.69) is 42.9 Å². The maximum absolute atomic E-state index is 13.1. The van der Waals surface area contributed by atoms with Gasteiger partial charge in [-0.1, -0.05) is 200 Å². The molecule has 0 aromatic rings. The van der Waals surface area contributed by atoms with Crippen molar-refractivity contribution in [1.82, 2.24) is 10.2 Å². The summed E-state index contributed by atoms with van der Waals surface area (Å²) < 4.78 is 0. The molecule has 1 aliphatic heterocycles. The van der Waals surface area contributed by atoms with E-state index in [0.29, 0.717) is 6.42 Å². The Kier molecular flexibility index (Phi) is 29.4. The first-order valence-electron chi connectivity index (χ1n) is 21.1. The van der Waals surface area contributed by atoms with Gasteiger partial charge in [0.25, 0.3) is 0 Å². The fourth-order valence-corrected chi connectivity index (χ4v) is 7.16. The maximum Gasteiger partial charge on any atom is 0.197 e. The van der Waals surface area contributed by atoms with Crippen molar-refractivity contribution >= 4 is 11.6 Å². The predicted molar refractivity (Wildman–Crippen MR) is 205 cm³/mol. The first-order valence-corrected chi connectivity index (χ1v) is 21.1. The zero-order valence-corrected chi connectivity index (χ0v) is 32.1. The van der Waals surface area contributed by atoms with E-state index >= 15 is 0 Å². The quantitative estimate of drug-likeness (QED) is 0.0690. The number of hydrogen-bond acceptors (Lipinski definition) is 4. The average molecular weight is 646 g/mol. The monoisotopic (exact) mass is 646 g/mol. The van der Waals surface area contributed by atoms with Gasteiger partial charge in [0.15, 0.2) is 11.6 Å². The normalized spacial score (nSPS) is 13.6. The van der Waals surface area contributed by atoms with E-state index in [1.165, 1.54) is 193 Å². The van der Waals surface area contributed by atoms with Crippen molar-refractivity contribution < 1.29 is 4.79 Å². The number of unbranched alkanes of at least 4 members (excludes halogenated alkanes) is 29. The van der Waals surface area contributed by atoms with Gasteiger partial charge in [-0.15, -0.1) is 0 Å². The molecule has 0 amide bonds. The highest BCUT2D eigenvalue weighted by Gasteiger charge is 2.34. The molecule has 0 aromatic carbocycles. The minimum Gasteiger partial charge on any atom is -0.334 e. The fraction of sp³-hybridized carbons (Fsp3) is 0.952. The minimum absolute atomic E-state index is 0.213. The van der Waals surface area contributed by atoms with Gasteiger partial charge in [-0.25, -0.2) is 0 Å². The SMILES string of the molecule is CCCCCCCCCCCCCCCCCCNC(C)(C)N1CCN=C1C(=O)CCCCCCCCCCCCCCCCC. The molecule has 0 aliphatic carbocycles. The highest BCUT2D eigenvalue weighted by molar-refractivity contribution is 6.39. The van der Waals surface area contributed by atoms with Crippen molar-refractivity contribution in [3.63, 3.8) is 0 Å². The Hall–Kier alpha value is -0.900. The Morgan fingerprint density at radius 3 is 1.24 bits per heavy atom. The van der Waals surface area contributed by atoms with Gasteiger partial charge in [-0.05, 0) is 33.2 Å². The molecule has 1 N–H and O–H groups in total. The Morgan fingerprint density at radius 1 is 0.543 bits per heavy atom. The molecular formula is C42H83N3O. The second-order valence-electron chi connectivity index (χ2n) is 15.3. The molecule has 1 aliphatic rings. The smallest absolute Gasteiger partial charge is 0.197 e. The van der Waals surface area contributed by atoms with E-state index in [4.69, 9.17) is 0 Å². The summed E-state index contributed by atoms with van der Waals surface area (Å²) in [5, 5.41) is 3.75. The lowest BCUT2D eigenvalue weighted by molar-refractivity contribution is -0.114. The van der Waals surface area contributed by atoms with Gasteiger partial charge in [-0.3, -0.25) is 15.1 Å². The predicted octanol–water partition coefficient (Wildman–Crippen LogP) is 13.1. The molecular weight excluding hydrogens is 562 g/mol. The average Bonchev–Trinajstić information content (AvgIpc) is 3.56. The highest BCUT2D eigenvalue weighted by Crippen LogP contribution is 2.20. The summed E-state index contributed by atoms with van der Waals surface area (Å²) in [4.78, 5) is 20.0.